The summed E-state index contributed by atoms with van der Waals surface area (Å²) >= 11 is 1.63. The number of sulfonamides is 1. The lowest BCUT2D eigenvalue weighted by molar-refractivity contribution is -0.118. The number of rotatable bonds is 8. The molecule has 2 aromatic rings. The number of likely N-dealkylation sites (tertiary alicyclic amines) is 1. The van der Waals surface area contributed by atoms with Crippen LogP contribution in [0.15, 0.2) is 46.0 Å². The van der Waals surface area contributed by atoms with Gasteiger partial charge in [0.05, 0.1) is 4.90 Å². The third-order valence-corrected chi connectivity index (χ3v) is 7.32. The van der Waals surface area contributed by atoms with Gasteiger partial charge in [-0.25, -0.2) is 13.1 Å². The number of hydrogen-bond acceptors (Lipinski definition) is 5. The minimum atomic E-state index is -3.63. The molecule has 0 spiro atoms. The highest BCUT2D eigenvalue weighted by molar-refractivity contribution is 7.89. The molecule has 0 aliphatic carbocycles. The van der Waals surface area contributed by atoms with E-state index in [2.05, 4.69) is 26.4 Å². The molecule has 1 aromatic carbocycles. The maximum atomic E-state index is 12.8. The van der Waals surface area contributed by atoms with Crippen molar-refractivity contribution >= 4 is 33.0 Å². The summed E-state index contributed by atoms with van der Waals surface area (Å²) in [5, 5.41) is 6.90. The lowest BCUT2D eigenvalue weighted by Crippen LogP contribution is -2.40. The summed E-state index contributed by atoms with van der Waals surface area (Å²) in [6.45, 7) is 5.94. The van der Waals surface area contributed by atoms with Crippen molar-refractivity contribution in [1.29, 1.82) is 0 Å². The fourth-order valence-electron chi connectivity index (χ4n) is 3.43. The zero-order valence-corrected chi connectivity index (χ0v) is 18.6. The second kappa shape index (κ2) is 9.84. The van der Waals surface area contributed by atoms with Crippen molar-refractivity contribution in [3.8, 4) is 0 Å². The fourth-order valence-corrected chi connectivity index (χ4v) is 5.17. The molecule has 8 heteroatoms. The van der Waals surface area contributed by atoms with Gasteiger partial charge < -0.3 is 5.32 Å². The molecule has 1 aliphatic heterocycles. The van der Waals surface area contributed by atoms with Crippen LogP contribution in [-0.4, -0.2) is 38.9 Å². The molecule has 0 bridgehead atoms. The quantitative estimate of drug-likeness (QED) is 0.660. The van der Waals surface area contributed by atoms with E-state index in [-0.39, 0.29) is 22.8 Å². The molecule has 1 unspecified atom stereocenters. The highest BCUT2D eigenvalue weighted by Crippen LogP contribution is 2.26. The Balaban J connectivity index is 1.68. The minimum Gasteiger partial charge on any atom is -0.326 e. The van der Waals surface area contributed by atoms with Crippen molar-refractivity contribution in [3.05, 3.63) is 46.7 Å². The molecule has 29 heavy (non-hydrogen) atoms. The standard InChI is InChI=1S/C21H29N3O3S2/c1-16(2)21(25)23-18-6-8-19(9-7-18)29(26,27)22-14-20(17-10-13-28-15-17)24-11-4-3-5-12-24/h6-10,13,15-16,20,22H,3-5,11-12,14H2,1-2H3,(H,23,25). The van der Waals surface area contributed by atoms with E-state index >= 15 is 0 Å². The average molecular weight is 436 g/mol. The molecule has 2 N–H and O–H groups in total. The summed E-state index contributed by atoms with van der Waals surface area (Å²) in [4.78, 5) is 14.4. The third-order valence-electron chi connectivity index (χ3n) is 5.18. The van der Waals surface area contributed by atoms with Gasteiger partial charge in [-0.1, -0.05) is 20.3 Å². The highest BCUT2D eigenvalue weighted by Gasteiger charge is 2.25. The van der Waals surface area contributed by atoms with Gasteiger partial charge in [-0.05, 0) is 72.6 Å². The molecule has 2 heterocycles. The van der Waals surface area contributed by atoms with Gasteiger partial charge in [0, 0.05) is 24.2 Å². The van der Waals surface area contributed by atoms with E-state index in [1.54, 1.807) is 23.5 Å². The zero-order valence-electron chi connectivity index (χ0n) is 16.9. The van der Waals surface area contributed by atoms with Crippen LogP contribution in [-0.2, 0) is 14.8 Å². The largest absolute Gasteiger partial charge is 0.326 e. The summed E-state index contributed by atoms with van der Waals surface area (Å²) in [6.07, 6.45) is 3.53. The Morgan fingerprint density at radius 1 is 1.10 bits per heavy atom. The van der Waals surface area contributed by atoms with Gasteiger partial charge >= 0.3 is 0 Å². The maximum Gasteiger partial charge on any atom is 0.240 e. The van der Waals surface area contributed by atoms with Crippen molar-refractivity contribution in [2.45, 2.75) is 44.0 Å². The number of amides is 1. The van der Waals surface area contributed by atoms with Crippen molar-refractivity contribution in [1.82, 2.24) is 9.62 Å². The zero-order chi connectivity index (χ0) is 20.9. The molecule has 1 saturated heterocycles. The van der Waals surface area contributed by atoms with E-state index in [0.717, 1.165) is 31.5 Å². The lowest BCUT2D eigenvalue weighted by atomic mass is 10.0. The molecular weight excluding hydrogens is 406 g/mol. The number of thiophene rings is 1. The van der Waals surface area contributed by atoms with E-state index in [1.807, 2.05) is 19.2 Å². The maximum absolute atomic E-state index is 12.8. The number of benzene rings is 1. The predicted molar refractivity (Wildman–Crippen MR) is 118 cm³/mol. The van der Waals surface area contributed by atoms with Crippen LogP contribution in [0.25, 0.3) is 0 Å². The van der Waals surface area contributed by atoms with Gasteiger partial charge in [0.1, 0.15) is 0 Å². The summed E-state index contributed by atoms with van der Waals surface area (Å²) in [6, 6.07) is 8.41. The van der Waals surface area contributed by atoms with Gasteiger partial charge in [0.15, 0.2) is 0 Å². The lowest BCUT2D eigenvalue weighted by Gasteiger charge is -2.34. The SMILES string of the molecule is CC(C)C(=O)Nc1ccc(S(=O)(=O)NCC(c2ccsc2)N2CCCCC2)cc1. The number of nitrogens with zero attached hydrogens (tertiary/aromatic N) is 1. The first-order valence-corrected chi connectivity index (χ1v) is 12.5. The van der Waals surface area contributed by atoms with Crippen LogP contribution in [0.1, 0.15) is 44.7 Å². The van der Waals surface area contributed by atoms with Crippen molar-refractivity contribution < 1.29 is 13.2 Å². The van der Waals surface area contributed by atoms with E-state index < -0.39 is 10.0 Å². The molecule has 1 aromatic heterocycles. The van der Waals surface area contributed by atoms with Gasteiger partial charge in [-0.3, -0.25) is 9.69 Å². The molecule has 3 rings (SSSR count). The number of piperidine rings is 1. The monoisotopic (exact) mass is 435 g/mol. The second-order valence-electron chi connectivity index (χ2n) is 7.69. The Bertz CT molecular complexity index is 888. The first-order valence-electron chi connectivity index (χ1n) is 10.0. The average Bonchev–Trinajstić information content (AvgIpc) is 3.24. The molecule has 1 aliphatic rings. The molecule has 158 valence electrons. The molecular formula is C21H29N3O3S2. The first kappa shape index (κ1) is 22.0. The fraction of sp³-hybridized carbons (Fsp3) is 0.476. The molecule has 1 amide bonds. The topological polar surface area (TPSA) is 78.5 Å². The Morgan fingerprint density at radius 2 is 1.79 bits per heavy atom. The summed E-state index contributed by atoms with van der Waals surface area (Å²) in [5.74, 6) is -0.234. The molecule has 0 saturated carbocycles. The second-order valence-corrected chi connectivity index (χ2v) is 10.2. The summed E-state index contributed by atoms with van der Waals surface area (Å²) in [7, 11) is -3.63. The van der Waals surface area contributed by atoms with E-state index in [1.165, 1.54) is 18.6 Å². The van der Waals surface area contributed by atoms with Crippen LogP contribution < -0.4 is 10.0 Å². The molecule has 1 fully saturated rings. The molecule has 6 nitrogen and oxygen atoms in total. The van der Waals surface area contributed by atoms with Gasteiger partial charge in [0.25, 0.3) is 0 Å². The number of hydrogen-bond donors (Lipinski definition) is 2. The highest BCUT2D eigenvalue weighted by atomic mass is 32.2. The van der Waals surface area contributed by atoms with Gasteiger partial charge in [-0.15, -0.1) is 0 Å². The Morgan fingerprint density at radius 3 is 2.38 bits per heavy atom. The first-order chi connectivity index (χ1) is 13.9. The molecule has 0 radical (unpaired) electrons. The normalized spacial score (nSPS) is 16.7. The number of carbonyl (C=O) groups is 1. The Kier molecular flexibility index (Phi) is 7.45. The third kappa shape index (κ3) is 5.88. The van der Waals surface area contributed by atoms with Gasteiger partial charge in [0.2, 0.25) is 15.9 Å². The number of nitrogens with one attached hydrogen (secondary N) is 2. The van der Waals surface area contributed by atoms with E-state index in [9.17, 15) is 13.2 Å². The van der Waals surface area contributed by atoms with Gasteiger partial charge in [-0.2, -0.15) is 11.3 Å². The van der Waals surface area contributed by atoms with E-state index in [4.69, 9.17) is 0 Å². The summed E-state index contributed by atoms with van der Waals surface area (Å²) < 4.78 is 28.4. The smallest absolute Gasteiger partial charge is 0.240 e. The minimum absolute atomic E-state index is 0.0425. The predicted octanol–water partition coefficient (Wildman–Crippen LogP) is 3.85. The summed E-state index contributed by atoms with van der Waals surface area (Å²) in [5.41, 5.74) is 1.75. The van der Waals surface area contributed by atoms with E-state index in [0.29, 0.717) is 12.2 Å². The van der Waals surface area contributed by atoms with Crippen LogP contribution in [0, 0.1) is 5.92 Å². The van der Waals surface area contributed by atoms with Crippen LogP contribution in [0.5, 0.6) is 0 Å². The number of anilines is 1. The van der Waals surface area contributed by atoms with Crippen LogP contribution in [0.3, 0.4) is 0 Å². The van der Waals surface area contributed by atoms with Crippen molar-refractivity contribution in [2.75, 3.05) is 25.0 Å². The molecule has 1 atom stereocenters. The van der Waals surface area contributed by atoms with Crippen molar-refractivity contribution in [3.63, 3.8) is 0 Å². The van der Waals surface area contributed by atoms with Crippen LogP contribution >= 0.6 is 11.3 Å². The Hall–Kier alpha value is -1.74. The van der Waals surface area contributed by atoms with Crippen molar-refractivity contribution in [2.24, 2.45) is 5.92 Å². The van der Waals surface area contributed by atoms with Crippen LogP contribution in [0.2, 0.25) is 0 Å². The van der Waals surface area contributed by atoms with Crippen LogP contribution in [0.4, 0.5) is 5.69 Å². The Labute approximate surface area is 177 Å². The number of carbonyl (C=O) groups excluding carboxylic acids is 1.